The van der Waals surface area contributed by atoms with Crippen LogP contribution < -0.4 is 26.1 Å². The molecule has 1 spiro atoms. The van der Waals surface area contributed by atoms with E-state index in [1.165, 1.54) is 6.20 Å². The number of nitrogens with two attached hydrogens (primary N) is 1. The van der Waals surface area contributed by atoms with Gasteiger partial charge in [0, 0.05) is 43.5 Å². The van der Waals surface area contributed by atoms with Crippen LogP contribution in [0.2, 0.25) is 0 Å². The van der Waals surface area contributed by atoms with Crippen LogP contribution in [0.3, 0.4) is 0 Å². The number of carbonyl (C=O) groups is 1. The van der Waals surface area contributed by atoms with Gasteiger partial charge in [0.05, 0.1) is 23.2 Å². The molecule has 0 atom stereocenters. The summed E-state index contributed by atoms with van der Waals surface area (Å²) in [5.41, 5.74) is 5.88. The number of fused-ring (bicyclic) bond motifs is 1. The molecule has 1 saturated carbocycles. The predicted octanol–water partition coefficient (Wildman–Crippen LogP) is 4.41. The third-order valence-corrected chi connectivity index (χ3v) is 7.62. The van der Waals surface area contributed by atoms with Crippen LogP contribution >= 0.6 is 0 Å². The van der Waals surface area contributed by atoms with Crippen LogP contribution in [0.5, 0.6) is 5.75 Å². The standard InChI is InChI=1S/C27H31FN4O4/c1-2-31(17-8-4-3-5-9-17)14-7-13-30-22-20(28)21(29)19-23-25(22)36-15-12-27(10-6-11-27)32(23)16-18(24(19)33)26(34)35/h3-5,8-9,16,30H,2,6-7,10-15,29H2,1H3,(H,34,35). The Hall–Kier alpha value is -3.75. The summed E-state index contributed by atoms with van der Waals surface area (Å²) >= 11 is 0. The Morgan fingerprint density at radius 2 is 2.03 bits per heavy atom. The van der Waals surface area contributed by atoms with E-state index in [-0.39, 0.29) is 28.0 Å². The number of hydrogen-bond donors (Lipinski definition) is 3. The van der Waals surface area contributed by atoms with E-state index in [1.807, 2.05) is 22.8 Å². The number of benzene rings is 2. The number of aromatic nitrogens is 1. The van der Waals surface area contributed by atoms with Crippen LogP contribution in [0, 0.1) is 5.82 Å². The molecule has 2 heterocycles. The molecule has 9 heteroatoms. The second kappa shape index (κ2) is 9.37. The zero-order valence-electron chi connectivity index (χ0n) is 20.3. The van der Waals surface area contributed by atoms with Crippen molar-refractivity contribution < 1.29 is 19.0 Å². The van der Waals surface area contributed by atoms with Gasteiger partial charge in [0.2, 0.25) is 5.43 Å². The molecule has 3 aromatic rings. The van der Waals surface area contributed by atoms with E-state index in [2.05, 4.69) is 29.3 Å². The molecule has 1 aromatic heterocycles. The average Bonchev–Trinajstić information content (AvgIpc) is 3.02. The summed E-state index contributed by atoms with van der Waals surface area (Å²) in [6.07, 6.45) is 5.42. The highest BCUT2D eigenvalue weighted by atomic mass is 19.1. The fourth-order valence-electron chi connectivity index (χ4n) is 5.51. The van der Waals surface area contributed by atoms with E-state index in [0.717, 1.165) is 44.5 Å². The van der Waals surface area contributed by atoms with Crippen LogP contribution in [-0.4, -0.2) is 41.9 Å². The van der Waals surface area contributed by atoms with E-state index in [9.17, 15) is 14.7 Å². The first-order valence-corrected chi connectivity index (χ1v) is 12.5. The number of para-hydroxylation sites is 1. The molecular formula is C27H31FN4O4. The summed E-state index contributed by atoms with van der Waals surface area (Å²) in [5.74, 6) is -1.92. The lowest BCUT2D eigenvalue weighted by Crippen LogP contribution is -2.42. The Balaban J connectivity index is 1.52. The SMILES string of the molecule is CCN(CCCNc1c(F)c(N)c2c(=O)c(C(=O)O)cn3c2c1OCCC31CCC1)c1ccccc1. The van der Waals surface area contributed by atoms with Crippen molar-refractivity contribution >= 4 is 33.9 Å². The normalized spacial score (nSPS) is 15.7. The topological polar surface area (TPSA) is 110 Å². The molecule has 1 aliphatic heterocycles. The highest BCUT2D eigenvalue weighted by molar-refractivity contribution is 6.03. The van der Waals surface area contributed by atoms with Gasteiger partial charge in [-0.15, -0.1) is 0 Å². The lowest BCUT2D eigenvalue weighted by atomic mass is 9.74. The van der Waals surface area contributed by atoms with Crippen molar-refractivity contribution in [2.24, 2.45) is 0 Å². The third kappa shape index (κ3) is 3.83. The molecule has 0 bridgehead atoms. The summed E-state index contributed by atoms with van der Waals surface area (Å²) in [4.78, 5) is 27.2. The Labute approximate surface area is 208 Å². The first kappa shape index (κ1) is 24.0. The fraction of sp³-hybridized carbons (Fsp3) is 0.407. The van der Waals surface area contributed by atoms with Gasteiger partial charge in [0.1, 0.15) is 11.3 Å². The van der Waals surface area contributed by atoms with Gasteiger partial charge in [-0.05, 0) is 44.7 Å². The molecule has 0 radical (unpaired) electrons. The number of aromatic carboxylic acids is 1. The van der Waals surface area contributed by atoms with Crippen LogP contribution in [0.1, 0.15) is 49.4 Å². The van der Waals surface area contributed by atoms with Gasteiger partial charge in [-0.1, -0.05) is 18.2 Å². The lowest BCUT2D eigenvalue weighted by molar-refractivity contribution is 0.0691. The van der Waals surface area contributed by atoms with Crippen molar-refractivity contribution in [2.75, 3.05) is 42.2 Å². The second-order valence-corrected chi connectivity index (χ2v) is 9.57. The first-order chi connectivity index (χ1) is 17.4. The summed E-state index contributed by atoms with van der Waals surface area (Å²) < 4.78 is 23.5. The Morgan fingerprint density at radius 1 is 1.28 bits per heavy atom. The number of pyridine rings is 1. The fourth-order valence-corrected chi connectivity index (χ4v) is 5.51. The monoisotopic (exact) mass is 494 g/mol. The molecule has 190 valence electrons. The zero-order chi connectivity index (χ0) is 25.4. The number of hydrogen-bond acceptors (Lipinski definition) is 6. The number of nitrogen functional groups attached to an aromatic ring is 1. The number of carboxylic acids is 1. The van der Waals surface area contributed by atoms with Crippen LogP contribution in [-0.2, 0) is 5.54 Å². The average molecular weight is 495 g/mol. The summed E-state index contributed by atoms with van der Waals surface area (Å²) in [6.45, 7) is 4.50. The van der Waals surface area contributed by atoms with E-state index >= 15 is 4.39 Å². The third-order valence-electron chi connectivity index (χ3n) is 7.62. The van der Waals surface area contributed by atoms with Gasteiger partial charge in [-0.2, -0.15) is 0 Å². The number of carboxylic acid groups (broad SMARTS) is 1. The van der Waals surface area contributed by atoms with E-state index < -0.39 is 22.8 Å². The minimum absolute atomic E-state index is 0.121. The molecule has 0 amide bonds. The molecule has 1 fully saturated rings. The Bertz CT molecular complexity index is 1370. The number of rotatable bonds is 8. The predicted molar refractivity (Wildman–Crippen MR) is 139 cm³/mol. The molecule has 1 aliphatic carbocycles. The maximum Gasteiger partial charge on any atom is 0.341 e. The number of halogens is 1. The maximum absolute atomic E-state index is 15.6. The summed E-state index contributed by atoms with van der Waals surface area (Å²) in [5, 5.41) is 12.7. The molecule has 4 N–H and O–H groups in total. The van der Waals surface area contributed by atoms with Gasteiger partial charge in [0.15, 0.2) is 11.6 Å². The maximum atomic E-state index is 15.6. The van der Waals surface area contributed by atoms with Gasteiger partial charge in [-0.25, -0.2) is 9.18 Å². The molecule has 5 rings (SSSR count). The molecule has 2 aromatic carbocycles. The number of ether oxygens (including phenoxy) is 1. The number of anilines is 3. The number of nitrogens with one attached hydrogen (secondary N) is 1. The highest BCUT2D eigenvalue weighted by Gasteiger charge is 2.43. The molecule has 0 saturated heterocycles. The largest absolute Gasteiger partial charge is 0.489 e. The van der Waals surface area contributed by atoms with E-state index in [4.69, 9.17) is 10.5 Å². The van der Waals surface area contributed by atoms with Crippen molar-refractivity contribution in [3.05, 3.63) is 58.1 Å². The zero-order valence-corrected chi connectivity index (χ0v) is 20.3. The van der Waals surface area contributed by atoms with Gasteiger partial charge < -0.3 is 30.4 Å². The summed E-state index contributed by atoms with van der Waals surface area (Å²) in [7, 11) is 0. The van der Waals surface area contributed by atoms with Crippen molar-refractivity contribution in [2.45, 2.75) is 44.6 Å². The van der Waals surface area contributed by atoms with Crippen molar-refractivity contribution in [1.29, 1.82) is 0 Å². The Kier molecular flexibility index (Phi) is 6.24. The lowest BCUT2D eigenvalue weighted by Gasteiger charge is -2.44. The second-order valence-electron chi connectivity index (χ2n) is 9.57. The van der Waals surface area contributed by atoms with Gasteiger partial charge in [0.25, 0.3) is 0 Å². The highest BCUT2D eigenvalue weighted by Crippen LogP contribution is 2.49. The van der Waals surface area contributed by atoms with Gasteiger partial charge in [-0.3, -0.25) is 4.79 Å². The van der Waals surface area contributed by atoms with Crippen LogP contribution in [0.25, 0.3) is 10.9 Å². The van der Waals surface area contributed by atoms with Crippen molar-refractivity contribution in [1.82, 2.24) is 4.57 Å². The minimum Gasteiger partial charge on any atom is -0.489 e. The smallest absolute Gasteiger partial charge is 0.341 e. The Morgan fingerprint density at radius 3 is 2.67 bits per heavy atom. The number of nitrogens with zero attached hydrogens (tertiary/aromatic N) is 2. The van der Waals surface area contributed by atoms with Crippen molar-refractivity contribution in [3.8, 4) is 5.75 Å². The van der Waals surface area contributed by atoms with E-state index in [1.54, 1.807) is 0 Å². The quantitative estimate of drug-likeness (QED) is 0.314. The molecular weight excluding hydrogens is 463 g/mol. The minimum atomic E-state index is -1.35. The van der Waals surface area contributed by atoms with Crippen molar-refractivity contribution in [3.63, 3.8) is 0 Å². The van der Waals surface area contributed by atoms with Crippen LogP contribution in [0.4, 0.5) is 21.5 Å². The van der Waals surface area contributed by atoms with Crippen LogP contribution in [0.15, 0.2) is 41.3 Å². The van der Waals surface area contributed by atoms with Gasteiger partial charge >= 0.3 is 5.97 Å². The molecule has 36 heavy (non-hydrogen) atoms. The molecule has 2 aliphatic rings. The molecule has 8 nitrogen and oxygen atoms in total. The first-order valence-electron chi connectivity index (χ1n) is 12.5. The summed E-state index contributed by atoms with van der Waals surface area (Å²) in [6, 6.07) is 10.1. The molecule has 0 unspecified atom stereocenters. The van der Waals surface area contributed by atoms with E-state index in [0.29, 0.717) is 25.1 Å².